The van der Waals surface area contributed by atoms with Crippen LogP contribution >= 0.6 is 11.8 Å². The van der Waals surface area contributed by atoms with Gasteiger partial charge in [0, 0.05) is 6.42 Å². The lowest BCUT2D eigenvalue weighted by Gasteiger charge is -2.22. The molecule has 2 aromatic heterocycles. The quantitative estimate of drug-likeness (QED) is 0.211. The Balaban J connectivity index is 1.23. The minimum absolute atomic E-state index is 0.0702. The molecule has 1 aliphatic heterocycles. The van der Waals surface area contributed by atoms with Crippen LogP contribution < -0.4 is 0 Å². The van der Waals surface area contributed by atoms with Crippen LogP contribution in [0.1, 0.15) is 34.7 Å². The molecule has 1 atom stereocenters. The van der Waals surface area contributed by atoms with Gasteiger partial charge >= 0.3 is 0 Å². The monoisotopic (exact) mass is 551 g/mol. The molecule has 41 heavy (non-hydrogen) atoms. The van der Waals surface area contributed by atoms with Crippen LogP contribution in [-0.2, 0) is 4.79 Å². The predicted molar refractivity (Wildman–Crippen MR) is 164 cm³/mol. The summed E-state index contributed by atoms with van der Waals surface area (Å²) in [5, 5.41) is 19.6. The highest BCUT2D eigenvalue weighted by Crippen LogP contribution is 2.35. The summed E-state index contributed by atoms with van der Waals surface area (Å²) in [5.41, 5.74) is 6.72. The van der Waals surface area contributed by atoms with Crippen LogP contribution in [0.15, 0.2) is 113 Å². The summed E-state index contributed by atoms with van der Waals surface area (Å²) in [5.74, 6) is 0.129. The van der Waals surface area contributed by atoms with Gasteiger partial charge in [-0.3, -0.25) is 9.20 Å². The number of carbonyl (C=O) groups excluding carboxylic acids is 1. The van der Waals surface area contributed by atoms with Crippen molar-refractivity contribution in [2.75, 3.05) is 5.75 Å². The van der Waals surface area contributed by atoms with Gasteiger partial charge in [0.15, 0.2) is 5.65 Å². The summed E-state index contributed by atoms with van der Waals surface area (Å²) in [7, 11) is 0. The van der Waals surface area contributed by atoms with Crippen LogP contribution in [0.3, 0.4) is 0 Å². The van der Waals surface area contributed by atoms with Crippen LogP contribution in [-0.4, -0.2) is 31.8 Å². The van der Waals surface area contributed by atoms with Gasteiger partial charge < -0.3 is 0 Å². The molecule has 0 bridgehead atoms. The number of aryl methyl sites for hydroxylation is 1. The van der Waals surface area contributed by atoms with Gasteiger partial charge in [-0.2, -0.15) is 10.4 Å². The Bertz CT molecular complexity index is 2040. The first-order chi connectivity index (χ1) is 20.1. The van der Waals surface area contributed by atoms with E-state index < -0.39 is 0 Å². The Kier molecular flexibility index (Phi) is 6.26. The second kappa shape index (κ2) is 10.2. The van der Waals surface area contributed by atoms with Crippen molar-refractivity contribution in [3.05, 3.63) is 125 Å². The third kappa shape index (κ3) is 4.43. The van der Waals surface area contributed by atoms with Crippen LogP contribution in [0.5, 0.6) is 0 Å². The standard InChI is InChI=1S/C34H25N5OS/c1-22-17-33(38-30-14-8-7-13-28(30)36-34(38)27(22)20-35)41-21-32(40)39-31(24-10-3-2-4-11-24)19-29(37-39)26-16-15-23-9-5-6-12-25(23)18-26/h2-18,31H,19,21H2,1H3/t31-/m0/s1. The maximum Gasteiger partial charge on any atom is 0.253 e. The Morgan fingerprint density at radius 1 is 0.951 bits per heavy atom. The van der Waals surface area contributed by atoms with Crippen molar-refractivity contribution in [1.29, 1.82) is 5.26 Å². The maximum atomic E-state index is 13.9. The highest BCUT2D eigenvalue weighted by atomic mass is 32.2. The molecule has 4 aromatic carbocycles. The van der Waals surface area contributed by atoms with Gasteiger partial charge in [0.05, 0.1) is 39.1 Å². The van der Waals surface area contributed by atoms with Crippen LogP contribution in [0.4, 0.5) is 0 Å². The molecule has 1 aliphatic rings. The van der Waals surface area contributed by atoms with E-state index in [1.54, 1.807) is 5.01 Å². The Hall–Kier alpha value is -4.93. The van der Waals surface area contributed by atoms with Gasteiger partial charge in [0.25, 0.3) is 5.91 Å². The Morgan fingerprint density at radius 3 is 2.54 bits per heavy atom. The number of carbonyl (C=O) groups is 1. The Labute approximate surface area is 241 Å². The number of benzene rings is 4. The molecule has 7 heteroatoms. The second-order valence-electron chi connectivity index (χ2n) is 10.2. The summed E-state index contributed by atoms with van der Waals surface area (Å²) in [6, 6.07) is 36.6. The lowest BCUT2D eigenvalue weighted by molar-refractivity contribution is -0.130. The van der Waals surface area contributed by atoms with Crippen LogP contribution in [0.25, 0.3) is 27.5 Å². The van der Waals surface area contributed by atoms with Gasteiger partial charge in [-0.05, 0) is 58.7 Å². The van der Waals surface area contributed by atoms with Crippen molar-refractivity contribution in [2.24, 2.45) is 5.10 Å². The number of hydrogen-bond acceptors (Lipinski definition) is 5. The lowest BCUT2D eigenvalue weighted by Crippen LogP contribution is -2.28. The topological polar surface area (TPSA) is 73.8 Å². The molecule has 0 unspecified atom stereocenters. The number of nitriles is 1. The van der Waals surface area contributed by atoms with Gasteiger partial charge in [0.1, 0.15) is 6.07 Å². The summed E-state index contributed by atoms with van der Waals surface area (Å²) >= 11 is 1.45. The number of para-hydroxylation sites is 2. The molecule has 0 saturated carbocycles. The van der Waals surface area contributed by atoms with E-state index in [9.17, 15) is 10.1 Å². The van der Waals surface area contributed by atoms with E-state index in [0.717, 1.165) is 43.8 Å². The third-order valence-electron chi connectivity index (χ3n) is 7.63. The first kappa shape index (κ1) is 25.1. The van der Waals surface area contributed by atoms with Crippen molar-refractivity contribution in [3.63, 3.8) is 0 Å². The van der Waals surface area contributed by atoms with Gasteiger partial charge in [0.2, 0.25) is 0 Å². The normalized spacial score (nSPS) is 15.0. The average Bonchev–Trinajstić information content (AvgIpc) is 3.63. The zero-order valence-electron chi connectivity index (χ0n) is 22.4. The van der Waals surface area contributed by atoms with Crippen LogP contribution in [0, 0.1) is 18.3 Å². The number of rotatable bonds is 5. The molecule has 0 N–H and O–H groups in total. The maximum absolute atomic E-state index is 13.9. The fourth-order valence-corrected chi connectivity index (χ4v) is 6.56. The molecule has 3 heterocycles. The number of imidazole rings is 1. The largest absolute Gasteiger partial charge is 0.286 e. The van der Waals surface area contributed by atoms with E-state index in [1.165, 1.54) is 17.1 Å². The second-order valence-corrected chi connectivity index (χ2v) is 11.2. The van der Waals surface area contributed by atoms with Crippen LogP contribution in [0.2, 0.25) is 0 Å². The molecular weight excluding hydrogens is 526 g/mol. The fraction of sp³-hybridized carbons (Fsp3) is 0.118. The lowest BCUT2D eigenvalue weighted by atomic mass is 9.97. The van der Waals surface area contributed by atoms with Gasteiger partial charge in [-0.15, -0.1) is 0 Å². The summed E-state index contributed by atoms with van der Waals surface area (Å²) < 4.78 is 1.99. The SMILES string of the molecule is Cc1cc(SCC(=O)N2N=C(c3ccc4ccccc4c3)C[C@H]2c2ccccc2)n2c(nc3ccccc32)c1C#N. The first-order valence-corrected chi connectivity index (χ1v) is 14.5. The predicted octanol–water partition coefficient (Wildman–Crippen LogP) is 7.29. The van der Waals surface area contributed by atoms with Crippen molar-refractivity contribution in [3.8, 4) is 6.07 Å². The Morgan fingerprint density at radius 2 is 1.71 bits per heavy atom. The molecule has 6 aromatic rings. The number of nitrogens with zero attached hydrogens (tertiary/aromatic N) is 5. The molecule has 1 amide bonds. The average molecular weight is 552 g/mol. The first-order valence-electron chi connectivity index (χ1n) is 13.5. The summed E-state index contributed by atoms with van der Waals surface area (Å²) in [4.78, 5) is 18.6. The van der Waals surface area contributed by atoms with E-state index in [-0.39, 0.29) is 17.7 Å². The highest BCUT2D eigenvalue weighted by Gasteiger charge is 2.33. The number of aromatic nitrogens is 2. The fourth-order valence-electron chi connectivity index (χ4n) is 5.58. The molecule has 0 fully saturated rings. The van der Waals surface area contributed by atoms with Gasteiger partial charge in [-0.1, -0.05) is 90.6 Å². The molecule has 7 rings (SSSR count). The summed E-state index contributed by atoms with van der Waals surface area (Å²) in [6.45, 7) is 1.91. The van der Waals surface area contributed by atoms with Crippen molar-refractivity contribution in [1.82, 2.24) is 14.4 Å². The van der Waals surface area contributed by atoms with Crippen molar-refractivity contribution in [2.45, 2.75) is 24.4 Å². The van der Waals surface area contributed by atoms with E-state index >= 15 is 0 Å². The molecule has 0 radical (unpaired) electrons. The van der Waals surface area contributed by atoms with E-state index in [0.29, 0.717) is 17.6 Å². The number of thioether (sulfide) groups is 1. The summed E-state index contributed by atoms with van der Waals surface area (Å²) in [6.07, 6.45) is 0.644. The molecular formula is C34H25N5OS. The molecule has 198 valence electrons. The molecule has 0 spiro atoms. The van der Waals surface area contributed by atoms with Crippen molar-refractivity contribution < 1.29 is 4.79 Å². The van der Waals surface area contributed by atoms with E-state index in [1.807, 2.05) is 72.0 Å². The highest BCUT2D eigenvalue weighted by molar-refractivity contribution is 7.99. The zero-order valence-corrected chi connectivity index (χ0v) is 23.2. The minimum Gasteiger partial charge on any atom is -0.286 e. The number of fused-ring (bicyclic) bond motifs is 4. The number of pyridine rings is 1. The number of hydrazone groups is 1. The number of amides is 1. The molecule has 6 nitrogen and oxygen atoms in total. The molecule has 0 aliphatic carbocycles. The molecule has 0 saturated heterocycles. The number of hydrogen-bond donors (Lipinski definition) is 0. The minimum atomic E-state index is -0.178. The van der Waals surface area contributed by atoms with Crippen molar-refractivity contribution >= 4 is 50.8 Å². The smallest absolute Gasteiger partial charge is 0.253 e. The zero-order chi connectivity index (χ0) is 27.9. The third-order valence-corrected chi connectivity index (χ3v) is 8.61. The van der Waals surface area contributed by atoms with E-state index in [4.69, 9.17) is 10.1 Å². The van der Waals surface area contributed by atoms with Gasteiger partial charge in [-0.25, -0.2) is 9.99 Å². The van der Waals surface area contributed by atoms with E-state index in [2.05, 4.69) is 48.5 Å².